The summed E-state index contributed by atoms with van der Waals surface area (Å²) in [6, 6.07) is 14.1. The summed E-state index contributed by atoms with van der Waals surface area (Å²) in [6.07, 6.45) is 4.06. The Kier molecular flexibility index (Phi) is 3.44. The van der Waals surface area contributed by atoms with Gasteiger partial charge in [-0.05, 0) is 12.8 Å². The molecule has 0 atom stereocenters. The SMILES string of the molecule is CN(Cc1noc(C2CC2)n1)c1cc(-c2ccccc2)nc2ccnn12. The van der Waals surface area contributed by atoms with E-state index in [1.165, 1.54) is 0 Å². The third-order valence-corrected chi connectivity index (χ3v) is 4.59. The van der Waals surface area contributed by atoms with Crippen molar-refractivity contribution < 1.29 is 4.52 Å². The Morgan fingerprint density at radius 1 is 1.15 bits per heavy atom. The fraction of sp³-hybridized carbons (Fsp3) is 0.263. The fourth-order valence-corrected chi connectivity index (χ4v) is 3.05. The van der Waals surface area contributed by atoms with E-state index in [4.69, 9.17) is 9.51 Å². The highest BCUT2D eigenvalue weighted by Gasteiger charge is 2.29. The van der Waals surface area contributed by atoms with Crippen LogP contribution in [0.1, 0.15) is 30.5 Å². The molecular formula is C19H18N6O. The van der Waals surface area contributed by atoms with Crippen LogP contribution in [0.2, 0.25) is 0 Å². The summed E-state index contributed by atoms with van der Waals surface area (Å²) in [4.78, 5) is 11.3. The molecule has 7 heteroatoms. The molecule has 0 radical (unpaired) electrons. The molecule has 4 aromatic rings. The Labute approximate surface area is 150 Å². The van der Waals surface area contributed by atoms with Gasteiger partial charge in [0.2, 0.25) is 5.89 Å². The van der Waals surface area contributed by atoms with Gasteiger partial charge in [0.25, 0.3) is 0 Å². The Balaban J connectivity index is 1.50. The number of nitrogens with zero attached hydrogens (tertiary/aromatic N) is 6. The zero-order valence-corrected chi connectivity index (χ0v) is 14.4. The Morgan fingerprint density at radius 2 is 2.00 bits per heavy atom. The van der Waals surface area contributed by atoms with E-state index in [0.29, 0.717) is 18.3 Å². The largest absolute Gasteiger partial charge is 0.352 e. The van der Waals surface area contributed by atoms with Gasteiger partial charge in [-0.3, -0.25) is 0 Å². The minimum atomic E-state index is 0.463. The first kappa shape index (κ1) is 15.1. The second-order valence-electron chi connectivity index (χ2n) is 6.65. The Morgan fingerprint density at radius 3 is 2.81 bits per heavy atom. The van der Waals surface area contributed by atoms with Crippen molar-refractivity contribution in [2.45, 2.75) is 25.3 Å². The lowest BCUT2D eigenvalue weighted by Gasteiger charge is -2.19. The highest BCUT2D eigenvalue weighted by molar-refractivity contribution is 5.66. The lowest BCUT2D eigenvalue weighted by molar-refractivity contribution is 0.374. The molecule has 0 amide bonds. The first-order valence-corrected chi connectivity index (χ1v) is 8.72. The van der Waals surface area contributed by atoms with Crippen LogP contribution in [-0.2, 0) is 6.54 Å². The predicted molar refractivity (Wildman–Crippen MR) is 96.8 cm³/mol. The van der Waals surface area contributed by atoms with Gasteiger partial charge in [0.1, 0.15) is 5.82 Å². The van der Waals surface area contributed by atoms with E-state index in [0.717, 1.165) is 41.5 Å². The van der Waals surface area contributed by atoms with E-state index < -0.39 is 0 Å². The van der Waals surface area contributed by atoms with E-state index in [2.05, 4.69) is 32.3 Å². The lowest BCUT2D eigenvalue weighted by Crippen LogP contribution is -2.21. The number of fused-ring (bicyclic) bond motifs is 1. The highest BCUT2D eigenvalue weighted by atomic mass is 16.5. The molecule has 3 aromatic heterocycles. The molecule has 5 rings (SSSR count). The number of hydrogen-bond acceptors (Lipinski definition) is 6. The van der Waals surface area contributed by atoms with Gasteiger partial charge in [-0.25, -0.2) is 4.98 Å². The summed E-state index contributed by atoms with van der Waals surface area (Å²) in [7, 11) is 2.00. The Bertz CT molecular complexity index is 1050. The molecule has 1 aliphatic rings. The van der Waals surface area contributed by atoms with Gasteiger partial charge in [-0.2, -0.15) is 14.6 Å². The molecule has 130 valence electrons. The first-order chi connectivity index (χ1) is 12.8. The molecule has 0 aliphatic heterocycles. The number of anilines is 1. The normalized spacial score (nSPS) is 14.0. The van der Waals surface area contributed by atoms with Crippen LogP contribution in [0.25, 0.3) is 16.9 Å². The molecule has 1 aliphatic carbocycles. The second-order valence-corrected chi connectivity index (χ2v) is 6.65. The standard InChI is InChI=1S/C19H18N6O/c1-24(12-16-22-19(26-23-16)14-7-8-14)18-11-15(13-5-3-2-4-6-13)21-17-9-10-20-25(17)18/h2-6,9-11,14H,7-8,12H2,1H3. The van der Waals surface area contributed by atoms with Gasteiger partial charge in [0.05, 0.1) is 18.4 Å². The Hall–Kier alpha value is -3.22. The maximum Gasteiger partial charge on any atom is 0.229 e. The van der Waals surface area contributed by atoms with Crippen LogP contribution in [0.15, 0.2) is 53.2 Å². The van der Waals surface area contributed by atoms with Crippen molar-refractivity contribution in [3.05, 3.63) is 60.4 Å². The zero-order chi connectivity index (χ0) is 17.5. The van der Waals surface area contributed by atoms with Crippen LogP contribution < -0.4 is 4.90 Å². The van der Waals surface area contributed by atoms with Crippen molar-refractivity contribution in [3.63, 3.8) is 0 Å². The third-order valence-electron chi connectivity index (χ3n) is 4.59. The second kappa shape index (κ2) is 5.94. The van der Waals surface area contributed by atoms with Gasteiger partial charge in [0, 0.05) is 30.7 Å². The minimum Gasteiger partial charge on any atom is -0.352 e. The molecule has 0 unspecified atom stereocenters. The van der Waals surface area contributed by atoms with Gasteiger partial charge < -0.3 is 9.42 Å². The summed E-state index contributed by atoms with van der Waals surface area (Å²) in [5, 5.41) is 8.53. The predicted octanol–water partition coefficient (Wildman–Crippen LogP) is 3.29. The van der Waals surface area contributed by atoms with Crippen LogP contribution in [0.4, 0.5) is 5.82 Å². The van der Waals surface area contributed by atoms with E-state index in [1.807, 2.05) is 41.9 Å². The van der Waals surface area contributed by atoms with Crippen LogP contribution in [0.3, 0.4) is 0 Å². The zero-order valence-electron chi connectivity index (χ0n) is 14.4. The van der Waals surface area contributed by atoms with Crippen molar-refractivity contribution >= 4 is 11.5 Å². The van der Waals surface area contributed by atoms with Crippen LogP contribution in [0, 0.1) is 0 Å². The van der Waals surface area contributed by atoms with Crippen molar-refractivity contribution in [1.29, 1.82) is 0 Å². The smallest absolute Gasteiger partial charge is 0.229 e. The van der Waals surface area contributed by atoms with Crippen molar-refractivity contribution in [3.8, 4) is 11.3 Å². The van der Waals surface area contributed by atoms with E-state index >= 15 is 0 Å². The van der Waals surface area contributed by atoms with Crippen molar-refractivity contribution in [2.24, 2.45) is 0 Å². The maximum absolute atomic E-state index is 5.37. The van der Waals surface area contributed by atoms with Gasteiger partial charge in [0.15, 0.2) is 11.5 Å². The van der Waals surface area contributed by atoms with Crippen LogP contribution >= 0.6 is 0 Å². The van der Waals surface area contributed by atoms with Gasteiger partial charge in [-0.1, -0.05) is 35.5 Å². The van der Waals surface area contributed by atoms with Gasteiger partial charge >= 0.3 is 0 Å². The molecule has 1 aromatic carbocycles. The number of aromatic nitrogens is 5. The summed E-state index contributed by atoms with van der Waals surface area (Å²) < 4.78 is 7.20. The van der Waals surface area contributed by atoms with E-state index in [9.17, 15) is 0 Å². The summed E-state index contributed by atoms with van der Waals surface area (Å²) in [5.74, 6) is 2.84. The van der Waals surface area contributed by atoms with Crippen molar-refractivity contribution in [1.82, 2.24) is 24.7 Å². The summed E-state index contributed by atoms with van der Waals surface area (Å²) >= 11 is 0. The minimum absolute atomic E-state index is 0.463. The average molecular weight is 346 g/mol. The average Bonchev–Trinajstić information content (AvgIpc) is 3.23. The molecule has 0 spiro atoms. The van der Waals surface area contributed by atoms with Gasteiger partial charge in [-0.15, -0.1) is 0 Å². The number of hydrogen-bond donors (Lipinski definition) is 0. The third kappa shape index (κ3) is 2.71. The van der Waals surface area contributed by atoms with Crippen LogP contribution in [-0.4, -0.2) is 31.8 Å². The van der Waals surface area contributed by atoms with Crippen molar-refractivity contribution in [2.75, 3.05) is 11.9 Å². The molecule has 0 bridgehead atoms. The molecule has 1 fully saturated rings. The molecule has 7 nitrogen and oxygen atoms in total. The van der Waals surface area contributed by atoms with E-state index in [1.54, 1.807) is 6.20 Å². The quantitative estimate of drug-likeness (QED) is 0.552. The molecular weight excluding hydrogens is 328 g/mol. The number of benzene rings is 1. The number of rotatable bonds is 5. The molecule has 1 saturated carbocycles. The van der Waals surface area contributed by atoms with Crippen LogP contribution in [0.5, 0.6) is 0 Å². The fourth-order valence-electron chi connectivity index (χ4n) is 3.05. The highest BCUT2D eigenvalue weighted by Crippen LogP contribution is 2.38. The molecule has 0 N–H and O–H groups in total. The monoisotopic (exact) mass is 346 g/mol. The lowest BCUT2D eigenvalue weighted by atomic mass is 10.1. The summed E-state index contributed by atoms with van der Waals surface area (Å²) in [6.45, 7) is 0.545. The molecule has 26 heavy (non-hydrogen) atoms. The molecule has 3 heterocycles. The van der Waals surface area contributed by atoms with E-state index in [-0.39, 0.29) is 0 Å². The first-order valence-electron chi connectivity index (χ1n) is 8.72. The topological polar surface area (TPSA) is 72.3 Å². The molecule has 0 saturated heterocycles. The maximum atomic E-state index is 5.37. The summed E-state index contributed by atoms with van der Waals surface area (Å²) in [5.41, 5.74) is 2.79.